The molecule has 0 aliphatic rings. The van der Waals surface area contributed by atoms with E-state index in [1.807, 2.05) is 19.1 Å². The first kappa shape index (κ1) is 14.8. The van der Waals surface area contributed by atoms with Crippen LogP contribution in [0.3, 0.4) is 0 Å². The van der Waals surface area contributed by atoms with E-state index in [2.05, 4.69) is 25.3 Å². The lowest BCUT2D eigenvalue weighted by Gasteiger charge is -2.06. The second-order valence-corrected chi connectivity index (χ2v) is 5.95. The second kappa shape index (κ2) is 6.33. The van der Waals surface area contributed by atoms with Gasteiger partial charge >= 0.3 is 0 Å². The number of imidazole rings is 1. The fourth-order valence-electron chi connectivity index (χ4n) is 1.85. The predicted octanol–water partition coefficient (Wildman–Crippen LogP) is 3.05. The molecule has 1 aromatic carbocycles. The molecule has 6 nitrogen and oxygen atoms in total. The summed E-state index contributed by atoms with van der Waals surface area (Å²) in [6, 6.07) is 5.42. The van der Waals surface area contributed by atoms with E-state index >= 15 is 0 Å². The number of aromatic amines is 1. The molecule has 2 heterocycles. The van der Waals surface area contributed by atoms with Gasteiger partial charge in [0.2, 0.25) is 5.91 Å². The first-order valence-corrected chi connectivity index (χ1v) is 7.83. The molecule has 0 saturated heterocycles. The number of halogens is 1. The highest BCUT2D eigenvalue weighted by atomic mass is 35.5. The SMILES string of the molecule is Cc1ccc(NC(=O)CSc2ncnc3nc[nH]c23)cc1Cl. The highest BCUT2D eigenvalue weighted by Gasteiger charge is 2.10. The second-order valence-electron chi connectivity index (χ2n) is 4.58. The molecule has 0 radical (unpaired) electrons. The Labute approximate surface area is 135 Å². The van der Waals surface area contributed by atoms with Crippen LogP contribution in [0.2, 0.25) is 5.02 Å². The van der Waals surface area contributed by atoms with Crippen LogP contribution in [0.5, 0.6) is 0 Å². The lowest BCUT2D eigenvalue weighted by Crippen LogP contribution is -2.14. The van der Waals surface area contributed by atoms with E-state index in [-0.39, 0.29) is 11.7 Å². The minimum Gasteiger partial charge on any atom is -0.341 e. The monoisotopic (exact) mass is 333 g/mol. The van der Waals surface area contributed by atoms with Gasteiger partial charge in [-0.1, -0.05) is 29.4 Å². The van der Waals surface area contributed by atoms with Crippen molar-refractivity contribution >= 4 is 46.1 Å². The number of carbonyl (C=O) groups is 1. The van der Waals surface area contributed by atoms with Gasteiger partial charge in [0, 0.05) is 10.7 Å². The maximum Gasteiger partial charge on any atom is 0.234 e. The van der Waals surface area contributed by atoms with Gasteiger partial charge in [0.15, 0.2) is 5.65 Å². The average Bonchev–Trinajstić information content (AvgIpc) is 2.98. The molecule has 0 atom stereocenters. The molecule has 2 N–H and O–H groups in total. The molecule has 0 fully saturated rings. The highest BCUT2D eigenvalue weighted by Crippen LogP contribution is 2.23. The lowest BCUT2D eigenvalue weighted by atomic mass is 10.2. The molecule has 22 heavy (non-hydrogen) atoms. The number of nitrogens with zero attached hydrogens (tertiary/aromatic N) is 3. The minimum absolute atomic E-state index is 0.129. The zero-order chi connectivity index (χ0) is 15.5. The van der Waals surface area contributed by atoms with Crippen LogP contribution in [0.25, 0.3) is 11.2 Å². The van der Waals surface area contributed by atoms with Crippen molar-refractivity contribution in [3.8, 4) is 0 Å². The van der Waals surface area contributed by atoms with E-state index in [1.54, 1.807) is 12.4 Å². The van der Waals surface area contributed by atoms with Crippen molar-refractivity contribution < 1.29 is 4.79 Å². The van der Waals surface area contributed by atoms with Gasteiger partial charge in [-0.15, -0.1) is 0 Å². The Morgan fingerprint density at radius 2 is 2.23 bits per heavy atom. The van der Waals surface area contributed by atoms with Crippen LogP contribution in [0.4, 0.5) is 5.69 Å². The van der Waals surface area contributed by atoms with Crippen molar-refractivity contribution in [3.63, 3.8) is 0 Å². The normalized spacial score (nSPS) is 10.8. The van der Waals surface area contributed by atoms with Gasteiger partial charge in [0.25, 0.3) is 0 Å². The largest absolute Gasteiger partial charge is 0.341 e. The predicted molar refractivity (Wildman–Crippen MR) is 87.2 cm³/mol. The van der Waals surface area contributed by atoms with Crippen LogP contribution in [-0.4, -0.2) is 31.6 Å². The van der Waals surface area contributed by atoms with Crippen LogP contribution >= 0.6 is 23.4 Å². The van der Waals surface area contributed by atoms with Crippen molar-refractivity contribution in [3.05, 3.63) is 41.4 Å². The van der Waals surface area contributed by atoms with Crippen molar-refractivity contribution in [2.24, 2.45) is 0 Å². The zero-order valence-electron chi connectivity index (χ0n) is 11.6. The van der Waals surface area contributed by atoms with Gasteiger partial charge in [0.05, 0.1) is 12.1 Å². The number of amides is 1. The van der Waals surface area contributed by atoms with Crippen LogP contribution in [0.15, 0.2) is 35.9 Å². The molecule has 1 amide bonds. The number of benzene rings is 1. The van der Waals surface area contributed by atoms with Crippen LogP contribution < -0.4 is 5.32 Å². The number of fused-ring (bicyclic) bond motifs is 1. The van der Waals surface area contributed by atoms with E-state index in [4.69, 9.17) is 11.6 Å². The number of hydrogen-bond acceptors (Lipinski definition) is 5. The number of H-pyrrole nitrogens is 1. The topological polar surface area (TPSA) is 83.6 Å². The summed E-state index contributed by atoms with van der Waals surface area (Å²) in [6.07, 6.45) is 2.99. The molecule has 0 bridgehead atoms. The molecular weight excluding hydrogens is 322 g/mol. The van der Waals surface area contributed by atoms with Crippen molar-refractivity contribution in [1.82, 2.24) is 19.9 Å². The fourth-order valence-corrected chi connectivity index (χ4v) is 2.79. The van der Waals surface area contributed by atoms with Crippen molar-refractivity contribution in [1.29, 1.82) is 0 Å². The Hall–Kier alpha value is -2.12. The summed E-state index contributed by atoms with van der Waals surface area (Å²) < 4.78 is 0. The molecule has 3 rings (SSSR count). The molecule has 0 unspecified atom stereocenters. The standard InChI is InChI=1S/C14H12ClN5OS/c1-8-2-3-9(4-10(8)15)20-11(21)5-22-14-12-13(17-6-16-12)18-7-19-14/h2-4,6-7H,5H2,1H3,(H,20,21)(H,16,17,18,19). The first-order valence-electron chi connectivity index (χ1n) is 6.46. The van der Waals surface area contributed by atoms with E-state index < -0.39 is 0 Å². The molecule has 0 aliphatic heterocycles. The van der Waals surface area contributed by atoms with Gasteiger partial charge in [-0.2, -0.15) is 0 Å². The summed E-state index contributed by atoms with van der Waals surface area (Å²) in [5.41, 5.74) is 2.97. The van der Waals surface area contributed by atoms with Crippen LogP contribution in [0.1, 0.15) is 5.56 Å². The Morgan fingerprint density at radius 1 is 1.36 bits per heavy atom. The molecule has 0 aliphatic carbocycles. The number of carbonyl (C=O) groups excluding carboxylic acids is 1. The summed E-state index contributed by atoms with van der Waals surface area (Å²) in [5, 5.41) is 4.13. The molecule has 0 saturated carbocycles. The highest BCUT2D eigenvalue weighted by molar-refractivity contribution is 8.00. The first-order chi connectivity index (χ1) is 10.6. The number of anilines is 1. The third kappa shape index (κ3) is 3.20. The fraction of sp³-hybridized carbons (Fsp3) is 0.143. The summed E-state index contributed by atoms with van der Waals surface area (Å²) in [4.78, 5) is 27.2. The van der Waals surface area contributed by atoms with Crippen LogP contribution in [0, 0.1) is 6.92 Å². The van der Waals surface area contributed by atoms with Crippen molar-refractivity contribution in [2.45, 2.75) is 11.9 Å². The van der Waals surface area contributed by atoms with Crippen molar-refractivity contribution in [2.75, 3.05) is 11.1 Å². The Kier molecular flexibility index (Phi) is 4.26. The number of hydrogen-bond donors (Lipinski definition) is 2. The van der Waals surface area contributed by atoms with Gasteiger partial charge in [-0.05, 0) is 24.6 Å². The Balaban J connectivity index is 1.65. The van der Waals surface area contributed by atoms with Gasteiger partial charge in [-0.3, -0.25) is 4.79 Å². The molecule has 2 aromatic heterocycles. The maximum absolute atomic E-state index is 12.0. The number of rotatable bonds is 4. The number of aryl methyl sites for hydroxylation is 1. The summed E-state index contributed by atoms with van der Waals surface area (Å²) in [7, 11) is 0. The summed E-state index contributed by atoms with van der Waals surface area (Å²) in [5.74, 6) is 0.104. The number of aromatic nitrogens is 4. The maximum atomic E-state index is 12.0. The number of nitrogens with one attached hydrogen (secondary N) is 2. The summed E-state index contributed by atoms with van der Waals surface area (Å²) in [6.45, 7) is 1.91. The smallest absolute Gasteiger partial charge is 0.234 e. The lowest BCUT2D eigenvalue weighted by molar-refractivity contribution is -0.113. The van der Waals surface area contributed by atoms with E-state index in [0.29, 0.717) is 21.4 Å². The quantitative estimate of drug-likeness (QED) is 0.566. The summed E-state index contributed by atoms with van der Waals surface area (Å²) >= 11 is 7.36. The van der Waals surface area contributed by atoms with Gasteiger partial charge < -0.3 is 10.3 Å². The number of thioether (sulfide) groups is 1. The minimum atomic E-state index is -0.129. The molecule has 112 valence electrons. The average molecular weight is 334 g/mol. The van der Waals surface area contributed by atoms with E-state index in [0.717, 1.165) is 11.1 Å². The Bertz CT molecular complexity index is 835. The van der Waals surface area contributed by atoms with E-state index in [9.17, 15) is 4.79 Å². The zero-order valence-corrected chi connectivity index (χ0v) is 13.2. The molecule has 8 heteroatoms. The molecule has 0 spiro atoms. The van der Waals surface area contributed by atoms with Crippen LogP contribution in [-0.2, 0) is 4.79 Å². The third-order valence-corrected chi connectivity index (χ3v) is 4.38. The van der Waals surface area contributed by atoms with Gasteiger partial charge in [0.1, 0.15) is 16.9 Å². The molecular formula is C14H12ClN5OS. The Morgan fingerprint density at radius 3 is 3.05 bits per heavy atom. The molecule has 3 aromatic rings. The third-order valence-electron chi connectivity index (χ3n) is 2.98. The van der Waals surface area contributed by atoms with Gasteiger partial charge in [-0.25, -0.2) is 15.0 Å². The van der Waals surface area contributed by atoms with E-state index in [1.165, 1.54) is 18.1 Å².